The van der Waals surface area contributed by atoms with E-state index in [2.05, 4.69) is 10.6 Å². The van der Waals surface area contributed by atoms with Crippen molar-refractivity contribution in [3.63, 3.8) is 0 Å². The summed E-state index contributed by atoms with van der Waals surface area (Å²) in [5.41, 5.74) is 4.48. The molecule has 0 unspecified atom stereocenters. The predicted molar refractivity (Wildman–Crippen MR) is 119 cm³/mol. The van der Waals surface area contributed by atoms with Crippen molar-refractivity contribution in [1.29, 1.82) is 0 Å². The lowest BCUT2D eigenvalue weighted by Gasteiger charge is -2.13. The van der Waals surface area contributed by atoms with Gasteiger partial charge in [-0.05, 0) is 66.9 Å². The molecule has 3 aromatic rings. The average molecular weight is 416 g/mol. The van der Waals surface area contributed by atoms with Gasteiger partial charge in [-0.3, -0.25) is 14.4 Å². The van der Waals surface area contributed by atoms with Crippen LogP contribution < -0.4 is 15.4 Å². The minimum atomic E-state index is -0.456. The number of amides is 2. The summed E-state index contributed by atoms with van der Waals surface area (Å²) < 4.78 is 5.04. The molecule has 0 bridgehead atoms. The Morgan fingerprint density at radius 2 is 1.55 bits per heavy atom. The van der Waals surface area contributed by atoms with E-state index in [1.165, 1.54) is 13.0 Å². The van der Waals surface area contributed by atoms with Gasteiger partial charge < -0.3 is 15.4 Å². The second kappa shape index (κ2) is 9.71. The first-order valence-electron chi connectivity index (χ1n) is 9.86. The summed E-state index contributed by atoms with van der Waals surface area (Å²) >= 11 is 0. The summed E-state index contributed by atoms with van der Waals surface area (Å²) in [5, 5.41) is 5.76. The number of esters is 1. The molecule has 0 saturated carbocycles. The molecule has 158 valence electrons. The molecule has 3 rings (SSSR count). The maximum absolute atomic E-state index is 12.7. The molecule has 6 nitrogen and oxygen atoms in total. The monoisotopic (exact) mass is 416 g/mol. The fourth-order valence-electron chi connectivity index (χ4n) is 3.02. The van der Waals surface area contributed by atoms with Crippen LogP contribution in [0.15, 0.2) is 66.7 Å². The van der Waals surface area contributed by atoms with E-state index in [0.717, 1.165) is 16.7 Å². The summed E-state index contributed by atoms with van der Waals surface area (Å²) in [6, 6.07) is 19.2. The van der Waals surface area contributed by atoms with Gasteiger partial charge in [0.1, 0.15) is 5.75 Å². The SMILES string of the molecule is CC(=O)Oc1cccc(C(=O)Nc2ccccc2CNC(=O)c2ccc(C)c(C)c2)c1. The van der Waals surface area contributed by atoms with Crippen molar-refractivity contribution in [2.24, 2.45) is 0 Å². The van der Waals surface area contributed by atoms with E-state index in [1.54, 1.807) is 36.4 Å². The number of benzene rings is 3. The summed E-state index contributed by atoms with van der Waals surface area (Å²) in [6.07, 6.45) is 0. The Labute approximate surface area is 181 Å². The fraction of sp³-hybridized carbons (Fsp3) is 0.160. The first-order chi connectivity index (χ1) is 14.8. The Kier molecular flexibility index (Phi) is 6.82. The fourth-order valence-corrected chi connectivity index (χ4v) is 3.02. The molecule has 0 aliphatic carbocycles. The first kappa shape index (κ1) is 21.8. The summed E-state index contributed by atoms with van der Waals surface area (Å²) in [6.45, 7) is 5.52. The van der Waals surface area contributed by atoms with E-state index in [0.29, 0.717) is 22.6 Å². The van der Waals surface area contributed by atoms with Gasteiger partial charge in [0.2, 0.25) is 0 Å². The third-order valence-corrected chi connectivity index (χ3v) is 4.83. The molecule has 0 atom stereocenters. The van der Waals surface area contributed by atoms with E-state index in [4.69, 9.17) is 4.74 Å². The Morgan fingerprint density at radius 1 is 0.806 bits per heavy atom. The molecule has 0 spiro atoms. The molecule has 31 heavy (non-hydrogen) atoms. The first-order valence-corrected chi connectivity index (χ1v) is 9.86. The zero-order chi connectivity index (χ0) is 22.4. The van der Waals surface area contributed by atoms with Crippen LogP contribution in [0.4, 0.5) is 5.69 Å². The van der Waals surface area contributed by atoms with Crippen molar-refractivity contribution >= 4 is 23.5 Å². The van der Waals surface area contributed by atoms with Crippen LogP contribution in [0.25, 0.3) is 0 Å². The summed E-state index contributed by atoms with van der Waals surface area (Å²) in [4.78, 5) is 36.4. The molecule has 6 heteroatoms. The molecule has 2 N–H and O–H groups in total. The predicted octanol–water partition coefficient (Wildman–Crippen LogP) is 4.41. The molecule has 0 aromatic heterocycles. The van der Waals surface area contributed by atoms with Gasteiger partial charge in [-0.25, -0.2) is 0 Å². The van der Waals surface area contributed by atoms with Gasteiger partial charge in [-0.1, -0.05) is 30.3 Å². The molecular formula is C25H24N2O4. The number of carbonyl (C=O) groups excluding carboxylic acids is 3. The van der Waals surface area contributed by atoms with Crippen LogP contribution in [0.3, 0.4) is 0 Å². The van der Waals surface area contributed by atoms with Crippen molar-refractivity contribution in [2.75, 3.05) is 5.32 Å². The normalized spacial score (nSPS) is 10.3. The van der Waals surface area contributed by atoms with Gasteiger partial charge in [0, 0.05) is 30.3 Å². The number of aryl methyl sites for hydroxylation is 2. The van der Waals surface area contributed by atoms with Crippen LogP contribution in [0.5, 0.6) is 5.75 Å². The van der Waals surface area contributed by atoms with Gasteiger partial charge in [0.25, 0.3) is 11.8 Å². The molecule has 2 amide bonds. The molecule has 0 aliphatic heterocycles. The third-order valence-electron chi connectivity index (χ3n) is 4.83. The van der Waals surface area contributed by atoms with Crippen molar-refractivity contribution in [1.82, 2.24) is 5.32 Å². The van der Waals surface area contributed by atoms with Gasteiger partial charge in [-0.15, -0.1) is 0 Å². The highest BCUT2D eigenvalue weighted by Crippen LogP contribution is 2.19. The molecule has 0 radical (unpaired) electrons. The lowest BCUT2D eigenvalue weighted by molar-refractivity contribution is -0.131. The van der Waals surface area contributed by atoms with Crippen molar-refractivity contribution in [2.45, 2.75) is 27.3 Å². The number of ether oxygens (including phenoxy) is 1. The van der Waals surface area contributed by atoms with Crippen LogP contribution in [-0.2, 0) is 11.3 Å². The highest BCUT2D eigenvalue weighted by Gasteiger charge is 2.12. The Hall–Kier alpha value is -3.93. The number of anilines is 1. The largest absolute Gasteiger partial charge is 0.427 e. The highest BCUT2D eigenvalue weighted by molar-refractivity contribution is 6.05. The van der Waals surface area contributed by atoms with Crippen molar-refractivity contribution in [3.05, 3.63) is 94.5 Å². The Bertz CT molecular complexity index is 1140. The zero-order valence-electron chi connectivity index (χ0n) is 17.7. The standard InChI is InChI=1S/C25H24N2O4/c1-16-11-12-20(13-17(16)2)24(29)26-15-21-7-4-5-10-23(21)27-25(30)19-8-6-9-22(14-19)31-18(3)28/h4-14H,15H2,1-3H3,(H,26,29)(H,27,30). The van der Waals surface area contributed by atoms with Crippen LogP contribution in [0.1, 0.15) is 44.3 Å². The maximum atomic E-state index is 12.7. The maximum Gasteiger partial charge on any atom is 0.308 e. The summed E-state index contributed by atoms with van der Waals surface area (Å²) in [7, 11) is 0. The van der Waals surface area contributed by atoms with Crippen LogP contribution in [0.2, 0.25) is 0 Å². The second-order valence-corrected chi connectivity index (χ2v) is 7.21. The van der Waals surface area contributed by atoms with E-state index in [1.807, 2.05) is 38.1 Å². The number of rotatable bonds is 6. The number of hydrogen-bond donors (Lipinski definition) is 2. The van der Waals surface area contributed by atoms with E-state index in [9.17, 15) is 14.4 Å². The van der Waals surface area contributed by atoms with E-state index < -0.39 is 5.97 Å². The molecule has 3 aromatic carbocycles. The number of carbonyl (C=O) groups is 3. The highest BCUT2D eigenvalue weighted by atomic mass is 16.5. The number of para-hydroxylation sites is 1. The zero-order valence-corrected chi connectivity index (χ0v) is 17.7. The second-order valence-electron chi connectivity index (χ2n) is 7.21. The molecule has 0 saturated heterocycles. The summed E-state index contributed by atoms with van der Waals surface area (Å²) in [5.74, 6) is -0.684. The Balaban J connectivity index is 1.70. The quantitative estimate of drug-likeness (QED) is 0.460. The van der Waals surface area contributed by atoms with Crippen LogP contribution in [-0.4, -0.2) is 17.8 Å². The van der Waals surface area contributed by atoms with Crippen LogP contribution >= 0.6 is 0 Å². The average Bonchev–Trinajstić information content (AvgIpc) is 2.74. The molecular weight excluding hydrogens is 392 g/mol. The van der Waals surface area contributed by atoms with Gasteiger partial charge in [0.05, 0.1) is 0 Å². The molecule has 0 aliphatic rings. The van der Waals surface area contributed by atoms with Crippen LogP contribution in [0, 0.1) is 13.8 Å². The minimum absolute atomic E-state index is 0.182. The van der Waals surface area contributed by atoms with E-state index in [-0.39, 0.29) is 18.4 Å². The third kappa shape index (κ3) is 5.79. The lowest BCUT2D eigenvalue weighted by Crippen LogP contribution is -2.24. The molecule has 0 heterocycles. The van der Waals surface area contributed by atoms with Gasteiger partial charge in [0.15, 0.2) is 0 Å². The minimum Gasteiger partial charge on any atom is -0.427 e. The number of nitrogens with one attached hydrogen (secondary N) is 2. The van der Waals surface area contributed by atoms with Crippen molar-refractivity contribution < 1.29 is 19.1 Å². The topological polar surface area (TPSA) is 84.5 Å². The van der Waals surface area contributed by atoms with E-state index >= 15 is 0 Å². The van der Waals surface area contributed by atoms with Gasteiger partial charge >= 0.3 is 5.97 Å². The number of hydrogen-bond acceptors (Lipinski definition) is 4. The lowest BCUT2D eigenvalue weighted by atomic mass is 10.1. The Morgan fingerprint density at radius 3 is 2.29 bits per heavy atom. The smallest absolute Gasteiger partial charge is 0.308 e. The molecule has 0 fully saturated rings. The van der Waals surface area contributed by atoms with Gasteiger partial charge in [-0.2, -0.15) is 0 Å². The van der Waals surface area contributed by atoms with Crippen molar-refractivity contribution in [3.8, 4) is 5.75 Å².